The van der Waals surface area contributed by atoms with Gasteiger partial charge in [0.15, 0.2) is 5.78 Å². The fourth-order valence-electron chi connectivity index (χ4n) is 4.87. The maximum Gasteiger partial charge on any atom is 0.341 e. The Morgan fingerprint density at radius 1 is 1.11 bits per heavy atom. The van der Waals surface area contributed by atoms with Crippen LogP contribution in [-0.4, -0.2) is 64.0 Å². The molecule has 9 nitrogen and oxygen atoms in total. The van der Waals surface area contributed by atoms with Crippen molar-refractivity contribution in [1.82, 2.24) is 14.3 Å². The number of pyridine rings is 2. The van der Waals surface area contributed by atoms with Gasteiger partial charge in [-0.25, -0.2) is 4.79 Å². The molecular formula is C26H26N4O5. The van der Waals surface area contributed by atoms with Crippen molar-refractivity contribution in [3.63, 3.8) is 0 Å². The van der Waals surface area contributed by atoms with Gasteiger partial charge in [-0.3, -0.25) is 19.4 Å². The van der Waals surface area contributed by atoms with E-state index in [9.17, 15) is 19.2 Å². The largest absolute Gasteiger partial charge is 0.462 e. The van der Waals surface area contributed by atoms with Crippen molar-refractivity contribution >= 4 is 34.6 Å². The molecule has 35 heavy (non-hydrogen) atoms. The number of carbonyl (C=O) groups excluding carboxylic acids is 4. The lowest BCUT2D eigenvalue weighted by atomic mass is 9.89. The van der Waals surface area contributed by atoms with E-state index in [-0.39, 0.29) is 40.6 Å². The highest BCUT2D eigenvalue weighted by atomic mass is 16.5. The second-order valence-corrected chi connectivity index (χ2v) is 8.75. The van der Waals surface area contributed by atoms with Gasteiger partial charge >= 0.3 is 5.97 Å². The first-order chi connectivity index (χ1) is 17.0. The molecule has 0 aromatic carbocycles. The van der Waals surface area contributed by atoms with E-state index in [0.717, 1.165) is 25.9 Å². The van der Waals surface area contributed by atoms with Crippen LogP contribution in [0.2, 0.25) is 0 Å². The molecule has 0 unspecified atom stereocenters. The Bertz CT molecular complexity index is 1350. The summed E-state index contributed by atoms with van der Waals surface area (Å²) < 4.78 is 6.74. The molecule has 9 heteroatoms. The fraction of sp³-hybridized carbons (Fsp3) is 0.346. The summed E-state index contributed by atoms with van der Waals surface area (Å²) in [6.07, 6.45) is 6.93. The summed E-state index contributed by atoms with van der Waals surface area (Å²) >= 11 is 0. The molecule has 5 rings (SSSR count). The van der Waals surface area contributed by atoms with E-state index in [1.165, 1.54) is 23.1 Å². The molecule has 180 valence electrons. The van der Waals surface area contributed by atoms with Gasteiger partial charge < -0.3 is 19.4 Å². The molecule has 0 spiro atoms. The normalized spacial score (nSPS) is 15.6. The average Bonchev–Trinajstić information content (AvgIpc) is 3.22. The number of hydrogen-bond acceptors (Lipinski definition) is 7. The minimum atomic E-state index is -0.701. The summed E-state index contributed by atoms with van der Waals surface area (Å²) in [5.41, 5.74) is 1.07. The average molecular weight is 475 g/mol. The topological polar surface area (TPSA) is 110 Å². The number of fused-ring (bicyclic) bond motifs is 4. The van der Waals surface area contributed by atoms with Crippen LogP contribution in [0.4, 0.5) is 5.69 Å². The Kier molecular flexibility index (Phi) is 6.17. The Morgan fingerprint density at radius 3 is 2.69 bits per heavy atom. The number of nitrogens with one attached hydrogen (secondary N) is 1. The van der Waals surface area contributed by atoms with E-state index in [2.05, 4.69) is 15.2 Å². The van der Waals surface area contributed by atoms with E-state index in [4.69, 9.17) is 4.74 Å². The van der Waals surface area contributed by atoms with Crippen molar-refractivity contribution in [2.45, 2.75) is 32.6 Å². The van der Waals surface area contributed by atoms with Crippen LogP contribution in [-0.2, 0) is 9.53 Å². The lowest BCUT2D eigenvalue weighted by molar-refractivity contribution is -0.116. The van der Waals surface area contributed by atoms with E-state index in [1.807, 2.05) is 0 Å². The number of nitrogens with zero attached hydrogens (tertiary/aromatic N) is 3. The number of hydrogen-bond donors (Lipinski definition) is 1. The smallest absolute Gasteiger partial charge is 0.341 e. The first kappa shape index (κ1) is 22.9. The summed E-state index contributed by atoms with van der Waals surface area (Å²) in [7, 11) is 0. The van der Waals surface area contributed by atoms with Gasteiger partial charge in [-0.2, -0.15) is 0 Å². The molecule has 0 saturated carbocycles. The molecule has 4 heterocycles. The van der Waals surface area contributed by atoms with E-state index >= 15 is 0 Å². The lowest BCUT2D eigenvalue weighted by Gasteiger charge is -2.25. The number of rotatable bonds is 6. The SMILES string of the molecule is CCOC(=O)c1c2c(n3ccc(NC(=O)CCN4CCCCC4)cc13)C(=O)c1ncccc1C2=O. The summed E-state index contributed by atoms with van der Waals surface area (Å²) in [5.74, 6) is -1.74. The molecule has 1 fully saturated rings. The first-order valence-corrected chi connectivity index (χ1v) is 11.9. The van der Waals surface area contributed by atoms with E-state index < -0.39 is 17.5 Å². The summed E-state index contributed by atoms with van der Waals surface area (Å²) in [6, 6.07) is 6.35. The number of likely N-dealkylation sites (tertiary alicyclic amines) is 1. The zero-order valence-corrected chi connectivity index (χ0v) is 19.5. The van der Waals surface area contributed by atoms with Gasteiger partial charge in [0.05, 0.1) is 28.8 Å². The number of ketones is 2. The molecule has 1 aliphatic heterocycles. The van der Waals surface area contributed by atoms with Crippen LogP contribution in [0.25, 0.3) is 5.52 Å². The first-order valence-electron chi connectivity index (χ1n) is 11.9. The van der Waals surface area contributed by atoms with Crippen LogP contribution in [0.15, 0.2) is 36.7 Å². The number of ether oxygens (including phenoxy) is 1. The van der Waals surface area contributed by atoms with Crippen molar-refractivity contribution in [2.75, 3.05) is 31.6 Å². The molecule has 3 aromatic rings. The molecule has 0 bridgehead atoms. The second-order valence-electron chi connectivity index (χ2n) is 8.75. The molecule has 1 amide bonds. The standard InChI is InChI=1S/C26H26N4O5/c1-2-35-26(34)20-18-15-16(28-19(31)9-13-29-11-4-3-5-12-29)8-14-30(18)23-21(20)24(32)17-7-6-10-27-22(17)25(23)33/h6-8,10,14-15H,2-5,9,11-13H2,1H3,(H,28,31). The van der Waals surface area contributed by atoms with E-state index in [0.29, 0.717) is 24.2 Å². The molecule has 0 radical (unpaired) electrons. The molecule has 0 atom stereocenters. The fourth-order valence-corrected chi connectivity index (χ4v) is 4.87. The lowest BCUT2D eigenvalue weighted by Crippen LogP contribution is -2.32. The zero-order valence-electron chi connectivity index (χ0n) is 19.5. The number of aromatic nitrogens is 2. The Hall–Kier alpha value is -3.85. The quantitative estimate of drug-likeness (QED) is 0.428. The Balaban J connectivity index is 1.51. The monoisotopic (exact) mass is 474 g/mol. The molecule has 3 aromatic heterocycles. The van der Waals surface area contributed by atoms with Gasteiger partial charge in [0, 0.05) is 31.0 Å². The molecule has 1 aliphatic carbocycles. The van der Waals surface area contributed by atoms with Crippen molar-refractivity contribution in [3.05, 3.63) is 64.7 Å². The summed E-state index contributed by atoms with van der Waals surface area (Å²) in [6.45, 7) is 4.49. The highest BCUT2D eigenvalue weighted by Gasteiger charge is 2.39. The number of anilines is 1. The number of piperidine rings is 1. The van der Waals surface area contributed by atoms with Crippen LogP contribution >= 0.6 is 0 Å². The van der Waals surface area contributed by atoms with Crippen LogP contribution in [0.1, 0.15) is 75.1 Å². The third-order valence-electron chi connectivity index (χ3n) is 6.52. The van der Waals surface area contributed by atoms with Gasteiger partial charge in [-0.1, -0.05) is 6.42 Å². The molecule has 2 aliphatic rings. The van der Waals surface area contributed by atoms with Crippen LogP contribution in [0.3, 0.4) is 0 Å². The predicted molar refractivity (Wildman–Crippen MR) is 128 cm³/mol. The van der Waals surface area contributed by atoms with Crippen LogP contribution in [0, 0.1) is 0 Å². The van der Waals surface area contributed by atoms with Crippen molar-refractivity contribution in [1.29, 1.82) is 0 Å². The maximum atomic E-state index is 13.4. The van der Waals surface area contributed by atoms with Crippen molar-refractivity contribution < 1.29 is 23.9 Å². The van der Waals surface area contributed by atoms with Gasteiger partial charge in [0.1, 0.15) is 11.4 Å². The summed E-state index contributed by atoms with van der Waals surface area (Å²) in [5, 5.41) is 2.88. The Morgan fingerprint density at radius 2 is 1.91 bits per heavy atom. The third-order valence-corrected chi connectivity index (χ3v) is 6.52. The van der Waals surface area contributed by atoms with Gasteiger partial charge in [0.25, 0.3) is 0 Å². The van der Waals surface area contributed by atoms with Crippen LogP contribution in [0.5, 0.6) is 0 Å². The minimum Gasteiger partial charge on any atom is -0.462 e. The Labute approximate surface area is 202 Å². The van der Waals surface area contributed by atoms with Gasteiger partial charge in [0.2, 0.25) is 11.7 Å². The third kappa shape index (κ3) is 4.12. The zero-order chi connectivity index (χ0) is 24.5. The van der Waals surface area contributed by atoms with Gasteiger partial charge in [-0.05, 0) is 57.1 Å². The van der Waals surface area contributed by atoms with Crippen molar-refractivity contribution in [3.8, 4) is 0 Å². The number of esters is 1. The summed E-state index contributed by atoms with van der Waals surface area (Å²) in [4.78, 5) is 58.6. The van der Waals surface area contributed by atoms with Crippen LogP contribution < -0.4 is 5.32 Å². The van der Waals surface area contributed by atoms with Crippen molar-refractivity contribution in [2.24, 2.45) is 0 Å². The highest BCUT2D eigenvalue weighted by Crippen LogP contribution is 2.34. The number of amides is 1. The number of carbonyl (C=O) groups is 4. The van der Waals surface area contributed by atoms with Gasteiger partial charge in [-0.15, -0.1) is 0 Å². The second kappa shape index (κ2) is 9.42. The predicted octanol–water partition coefficient (Wildman–Crippen LogP) is 3.10. The molecular weight excluding hydrogens is 448 g/mol. The minimum absolute atomic E-state index is 0.00234. The molecule has 1 N–H and O–H groups in total. The maximum absolute atomic E-state index is 13.4. The van der Waals surface area contributed by atoms with E-state index in [1.54, 1.807) is 31.3 Å². The highest BCUT2D eigenvalue weighted by molar-refractivity contribution is 6.31. The molecule has 1 saturated heterocycles.